The fourth-order valence-corrected chi connectivity index (χ4v) is 5.41. The summed E-state index contributed by atoms with van der Waals surface area (Å²) < 4.78 is 33.0. The van der Waals surface area contributed by atoms with Crippen LogP contribution in [0.4, 0.5) is 5.69 Å². The van der Waals surface area contributed by atoms with Crippen molar-refractivity contribution in [3.8, 4) is 0 Å². The van der Waals surface area contributed by atoms with Crippen LogP contribution in [0.25, 0.3) is 10.1 Å². The van der Waals surface area contributed by atoms with Crippen molar-refractivity contribution < 1.29 is 13.2 Å². The lowest BCUT2D eigenvalue weighted by Gasteiger charge is -2.22. The summed E-state index contributed by atoms with van der Waals surface area (Å²) >= 11 is 7.64. The summed E-state index contributed by atoms with van der Waals surface area (Å²) in [5, 5.41) is 4.13. The Labute approximate surface area is 195 Å². The van der Waals surface area contributed by atoms with Crippen LogP contribution < -0.4 is 5.32 Å². The quantitative estimate of drug-likeness (QED) is 0.395. The number of hydrogen-bond acceptors (Lipinski definition) is 5. The van der Waals surface area contributed by atoms with E-state index in [1.165, 1.54) is 11.5 Å². The molecule has 0 radical (unpaired) electrons. The smallest absolute Gasteiger partial charge is 0.243 e. The average Bonchev–Trinajstić information content (AvgIpc) is 3.23. The molecule has 0 atom stereocenters. The zero-order chi connectivity index (χ0) is 22.7. The van der Waals surface area contributed by atoms with Gasteiger partial charge in [-0.3, -0.25) is 4.79 Å². The van der Waals surface area contributed by atoms with Crippen molar-refractivity contribution in [1.82, 2.24) is 8.68 Å². The third-order valence-corrected chi connectivity index (χ3v) is 7.87. The van der Waals surface area contributed by atoms with E-state index >= 15 is 0 Å². The minimum absolute atomic E-state index is 0.0310. The van der Waals surface area contributed by atoms with E-state index in [4.69, 9.17) is 11.6 Å². The van der Waals surface area contributed by atoms with Crippen molar-refractivity contribution in [3.05, 3.63) is 89.1 Å². The van der Waals surface area contributed by atoms with Gasteiger partial charge in [0, 0.05) is 28.8 Å². The lowest BCUT2D eigenvalue weighted by molar-refractivity contribution is -0.116. The van der Waals surface area contributed by atoms with Crippen molar-refractivity contribution in [2.24, 2.45) is 0 Å². The number of benzene rings is 3. The number of carbonyl (C=O) groups excluding carboxylic acids is 1. The van der Waals surface area contributed by atoms with Crippen LogP contribution in [0.5, 0.6) is 0 Å². The van der Waals surface area contributed by atoms with Crippen molar-refractivity contribution >= 4 is 54.8 Å². The zero-order valence-electron chi connectivity index (χ0n) is 17.2. The first kappa shape index (κ1) is 22.4. The lowest BCUT2D eigenvalue weighted by atomic mass is 10.2. The highest BCUT2D eigenvalue weighted by Crippen LogP contribution is 2.24. The largest absolute Gasteiger partial charge is 0.325 e. The van der Waals surface area contributed by atoms with E-state index in [-0.39, 0.29) is 18.0 Å². The summed E-state index contributed by atoms with van der Waals surface area (Å²) in [6, 6.07) is 19.0. The van der Waals surface area contributed by atoms with Gasteiger partial charge in [0.2, 0.25) is 15.9 Å². The first-order chi connectivity index (χ1) is 15.3. The monoisotopic (exact) mass is 485 g/mol. The van der Waals surface area contributed by atoms with Crippen LogP contribution >= 0.6 is 23.1 Å². The number of nitrogens with one attached hydrogen (secondary N) is 1. The van der Waals surface area contributed by atoms with Crippen LogP contribution in [0.3, 0.4) is 0 Å². The lowest BCUT2D eigenvalue weighted by Crippen LogP contribution is -2.37. The van der Waals surface area contributed by atoms with E-state index < -0.39 is 15.9 Å². The van der Waals surface area contributed by atoms with Crippen molar-refractivity contribution in [2.45, 2.75) is 18.4 Å². The van der Waals surface area contributed by atoms with Gasteiger partial charge >= 0.3 is 0 Å². The Bertz CT molecular complexity index is 1370. The van der Waals surface area contributed by atoms with Gasteiger partial charge in [-0.2, -0.15) is 8.68 Å². The molecule has 0 aliphatic heterocycles. The molecule has 0 aliphatic rings. The normalized spacial score (nSPS) is 11.7. The number of hydrogen-bond donors (Lipinski definition) is 1. The fraction of sp³-hybridized carbons (Fsp3) is 0.130. The van der Waals surface area contributed by atoms with Gasteiger partial charge in [-0.25, -0.2) is 8.42 Å². The molecule has 0 spiro atoms. The second-order valence-corrected chi connectivity index (χ2v) is 10.5. The maximum absolute atomic E-state index is 13.4. The number of rotatable bonds is 7. The summed E-state index contributed by atoms with van der Waals surface area (Å²) in [7, 11) is -3.94. The van der Waals surface area contributed by atoms with E-state index in [2.05, 4.69) is 9.69 Å². The van der Waals surface area contributed by atoms with Crippen LogP contribution in [0.1, 0.15) is 11.1 Å². The first-order valence-corrected chi connectivity index (χ1v) is 12.4. The minimum atomic E-state index is -3.94. The number of aryl methyl sites for hydroxylation is 1. The summed E-state index contributed by atoms with van der Waals surface area (Å²) in [6.45, 7) is 1.49. The second kappa shape index (κ2) is 9.38. The van der Waals surface area contributed by atoms with Crippen molar-refractivity contribution in [3.63, 3.8) is 0 Å². The number of anilines is 1. The van der Waals surface area contributed by atoms with Gasteiger partial charge in [-0.05, 0) is 60.4 Å². The SMILES string of the molecule is Cc1ccc(S(=O)(=O)N(CC(=O)Nc2ccc3sncc3c2)Cc2ccccc2Cl)cc1. The Morgan fingerprint density at radius 1 is 1.09 bits per heavy atom. The van der Waals surface area contributed by atoms with E-state index in [0.717, 1.165) is 20.0 Å². The van der Waals surface area contributed by atoms with Gasteiger partial charge < -0.3 is 5.32 Å². The molecule has 1 heterocycles. The third kappa shape index (κ3) is 4.99. The molecule has 3 aromatic carbocycles. The van der Waals surface area contributed by atoms with Crippen LogP contribution in [-0.4, -0.2) is 29.5 Å². The Hall–Kier alpha value is -2.78. The third-order valence-electron chi connectivity index (χ3n) is 4.92. The zero-order valence-corrected chi connectivity index (χ0v) is 19.5. The minimum Gasteiger partial charge on any atom is -0.325 e. The van der Waals surface area contributed by atoms with Crippen LogP contribution in [0, 0.1) is 6.92 Å². The number of amides is 1. The fourth-order valence-electron chi connectivity index (χ4n) is 3.21. The molecule has 1 aromatic heterocycles. The molecule has 1 amide bonds. The second-order valence-electron chi connectivity index (χ2n) is 7.30. The number of aromatic nitrogens is 1. The van der Waals surface area contributed by atoms with E-state index in [1.54, 1.807) is 60.8 Å². The molecule has 0 saturated heterocycles. The molecule has 32 heavy (non-hydrogen) atoms. The number of fused-ring (bicyclic) bond motifs is 1. The van der Waals surface area contributed by atoms with E-state index in [1.807, 2.05) is 19.1 Å². The van der Waals surface area contributed by atoms with Gasteiger partial charge in [0.05, 0.1) is 16.1 Å². The summed E-state index contributed by atoms with van der Waals surface area (Å²) in [4.78, 5) is 13.0. The van der Waals surface area contributed by atoms with Crippen LogP contribution in [-0.2, 0) is 21.4 Å². The van der Waals surface area contributed by atoms with Gasteiger partial charge in [0.15, 0.2) is 0 Å². The molecule has 0 unspecified atom stereocenters. The van der Waals surface area contributed by atoms with E-state index in [0.29, 0.717) is 16.3 Å². The van der Waals surface area contributed by atoms with Gasteiger partial charge in [0.25, 0.3) is 0 Å². The summed E-state index contributed by atoms with van der Waals surface area (Å²) in [5.41, 5.74) is 2.13. The number of halogens is 1. The highest BCUT2D eigenvalue weighted by molar-refractivity contribution is 7.89. The topological polar surface area (TPSA) is 79.4 Å². The molecule has 0 bridgehead atoms. The number of sulfonamides is 1. The Morgan fingerprint density at radius 2 is 1.84 bits per heavy atom. The molecular formula is C23H20ClN3O3S2. The molecule has 0 aliphatic carbocycles. The molecule has 0 fully saturated rings. The number of nitrogens with zero attached hydrogens (tertiary/aromatic N) is 2. The Morgan fingerprint density at radius 3 is 2.59 bits per heavy atom. The maximum atomic E-state index is 13.4. The predicted molar refractivity (Wildman–Crippen MR) is 128 cm³/mol. The summed E-state index contributed by atoms with van der Waals surface area (Å²) in [6.07, 6.45) is 1.72. The van der Waals surface area contributed by atoms with Crippen LogP contribution in [0.15, 0.2) is 77.8 Å². The summed E-state index contributed by atoms with van der Waals surface area (Å²) in [5.74, 6) is -0.449. The average molecular weight is 486 g/mol. The van der Waals surface area contributed by atoms with Crippen molar-refractivity contribution in [2.75, 3.05) is 11.9 Å². The molecule has 0 saturated carbocycles. The molecule has 4 rings (SSSR count). The number of carbonyl (C=O) groups is 1. The molecular weight excluding hydrogens is 466 g/mol. The molecule has 6 nitrogen and oxygen atoms in total. The van der Waals surface area contributed by atoms with Crippen molar-refractivity contribution in [1.29, 1.82) is 0 Å². The Balaban J connectivity index is 1.61. The highest BCUT2D eigenvalue weighted by atomic mass is 35.5. The highest BCUT2D eigenvalue weighted by Gasteiger charge is 2.27. The first-order valence-electron chi connectivity index (χ1n) is 9.77. The molecule has 1 N–H and O–H groups in total. The molecule has 4 aromatic rings. The molecule has 164 valence electrons. The predicted octanol–water partition coefficient (Wildman–Crippen LogP) is 5.09. The van der Waals surface area contributed by atoms with Crippen LogP contribution in [0.2, 0.25) is 5.02 Å². The Kier molecular flexibility index (Phi) is 6.57. The standard InChI is InChI=1S/C23H20ClN3O3S2/c1-16-6-9-20(10-7-16)32(29,30)27(14-17-4-2-3-5-21(17)24)15-23(28)26-19-8-11-22-18(12-19)13-25-31-22/h2-13H,14-15H2,1H3,(H,26,28). The van der Waals surface area contributed by atoms with E-state index in [9.17, 15) is 13.2 Å². The maximum Gasteiger partial charge on any atom is 0.243 e. The van der Waals surface area contributed by atoms with Gasteiger partial charge in [-0.1, -0.05) is 47.5 Å². The molecule has 9 heteroatoms. The van der Waals surface area contributed by atoms with Gasteiger partial charge in [-0.15, -0.1) is 0 Å². The van der Waals surface area contributed by atoms with Gasteiger partial charge in [0.1, 0.15) is 0 Å².